The van der Waals surface area contributed by atoms with Gasteiger partial charge in [0.25, 0.3) is 0 Å². The van der Waals surface area contributed by atoms with Crippen molar-refractivity contribution in [3.63, 3.8) is 0 Å². The van der Waals surface area contributed by atoms with Crippen LogP contribution in [-0.4, -0.2) is 75.5 Å². The molecule has 2 saturated heterocycles. The molecule has 0 aliphatic carbocycles. The molecular weight excluding hydrogens is 972 g/mol. The summed E-state index contributed by atoms with van der Waals surface area (Å²) in [6.45, 7) is 5.10. The maximum absolute atomic E-state index is 14.8. The molecule has 0 bridgehead atoms. The Balaban J connectivity index is 0.000000172. The second-order valence-electron chi connectivity index (χ2n) is 16.2. The van der Waals surface area contributed by atoms with Gasteiger partial charge in [-0.05, 0) is 45.2 Å². The minimum absolute atomic E-state index is 0.0315. The van der Waals surface area contributed by atoms with E-state index in [9.17, 15) is 8.78 Å². The van der Waals surface area contributed by atoms with Crippen LogP contribution in [0.3, 0.4) is 0 Å². The van der Waals surface area contributed by atoms with Crippen molar-refractivity contribution in [1.82, 2.24) is 50.3 Å². The molecule has 69 heavy (non-hydrogen) atoms. The van der Waals surface area contributed by atoms with Gasteiger partial charge in [0.15, 0.2) is 23.1 Å². The number of nitrogens with zero attached hydrogens (tertiary/aromatic N) is 12. The molecular formula is C47H38Cl4F2N14O2. The van der Waals surface area contributed by atoms with Gasteiger partial charge in [-0.25, -0.2) is 28.7 Å². The molecule has 0 saturated carbocycles. The predicted octanol–water partition coefficient (Wildman–Crippen LogP) is 11.4. The summed E-state index contributed by atoms with van der Waals surface area (Å²) in [4.78, 5) is 29.9. The highest BCUT2D eigenvalue weighted by Gasteiger charge is 2.30. The van der Waals surface area contributed by atoms with Crippen molar-refractivity contribution < 1.29 is 18.3 Å². The number of hydrogen-bond donors (Lipinski definition) is 2. The standard InChI is InChI=1S/C24H20Cl2FN7O.C23H18Cl2FN7O/c1-13(22-17(25)11-29-12-18(22)26)35-21-7-16-20(8-19(21)27)32-33-23(16)14-9-30-24(31-10-14)34-6-2-3-15(34)4-5-28;1-12(21-16(24)10-28-11-17(21)25)34-20-6-15-19(7-18(20)26)31-32-22(15)13-8-29-23(30-9-13)33-5-3-14(33)2-4-27/h7-13,15H,2-4,6H2,1H3,(H,32,33);6-12,14H,2-3,5H2,1H3,(H,31,32)/t13-,15+;12-,14+/m11/s1. The lowest BCUT2D eigenvalue weighted by atomic mass is 10.0. The normalized spacial score (nSPS) is 16.3. The molecule has 10 rings (SSSR count). The van der Waals surface area contributed by atoms with Gasteiger partial charge in [0.1, 0.15) is 23.6 Å². The lowest BCUT2D eigenvalue weighted by molar-refractivity contribution is 0.217. The van der Waals surface area contributed by atoms with Crippen molar-refractivity contribution in [2.24, 2.45) is 0 Å². The fourth-order valence-electron chi connectivity index (χ4n) is 8.40. The van der Waals surface area contributed by atoms with Gasteiger partial charge in [0.2, 0.25) is 11.9 Å². The smallest absolute Gasteiger partial charge is 0.225 e. The number of aromatic nitrogens is 10. The van der Waals surface area contributed by atoms with Crippen LogP contribution in [0.5, 0.6) is 11.5 Å². The molecule has 2 N–H and O–H groups in total. The quantitative estimate of drug-likeness (QED) is 0.117. The van der Waals surface area contributed by atoms with E-state index in [0.717, 1.165) is 32.4 Å². The summed E-state index contributed by atoms with van der Waals surface area (Å²) in [5, 5.41) is 35.0. The molecule has 22 heteroatoms. The number of benzene rings is 2. The number of fused-ring (bicyclic) bond motifs is 2. The van der Waals surface area contributed by atoms with E-state index in [1.54, 1.807) is 50.8 Å². The van der Waals surface area contributed by atoms with Crippen LogP contribution >= 0.6 is 46.4 Å². The molecule has 0 unspecified atom stereocenters. The van der Waals surface area contributed by atoms with Crippen LogP contribution in [0, 0.1) is 34.3 Å². The second kappa shape index (κ2) is 20.3. The Morgan fingerprint density at radius 3 is 1.42 bits per heavy atom. The number of aromatic amines is 2. The average Bonchev–Trinajstić information content (AvgIpc) is 4.07. The van der Waals surface area contributed by atoms with Crippen molar-refractivity contribution in [2.45, 2.75) is 70.2 Å². The third kappa shape index (κ3) is 9.71. The van der Waals surface area contributed by atoms with Crippen molar-refractivity contribution >= 4 is 80.1 Å². The Morgan fingerprint density at radius 1 is 0.623 bits per heavy atom. The van der Waals surface area contributed by atoms with Crippen LogP contribution < -0.4 is 19.3 Å². The lowest BCUT2D eigenvalue weighted by Crippen LogP contribution is -2.48. The summed E-state index contributed by atoms with van der Waals surface area (Å²) in [6, 6.07) is 10.5. The number of ether oxygens (including phenoxy) is 2. The fraction of sp³-hybridized carbons (Fsp3) is 0.277. The molecule has 2 aliphatic rings. The number of anilines is 2. The largest absolute Gasteiger partial charge is 0.483 e. The first-order valence-corrected chi connectivity index (χ1v) is 23.1. The summed E-state index contributed by atoms with van der Waals surface area (Å²) in [5.74, 6) is 0.120. The highest BCUT2D eigenvalue weighted by atomic mass is 35.5. The molecule has 16 nitrogen and oxygen atoms in total. The first kappa shape index (κ1) is 47.1. The van der Waals surface area contributed by atoms with E-state index >= 15 is 0 Å². The van der Waals surface area contributed by atoms with Crippen molar-refractivity contribution in [3.8, 4) is 46.2 Å². The molecule has 0 amide bonds. The number of halogens is 6. The number of pyridine rings is 2. The maximum Gasteiger partial charge on any atom is 0.225 e. The van der Waals surface area contributed by atoms with Gasteiger partial charge in [0.05, 0.1) is 56.1 Å². The number of nitrogens with one attached hydrogen (secondary N) is 2. The highest BCUT2D eigenvalue weighted by Crippen LogP contribution is 2.39. The van der Waals surface area contributed by atoms with E-state index in [1.165, 1.54) is 36.9 Å². The van der Waals surface area contributed by atoms with Crippen LogP contribution in [0.2, 0.25) is 20.1 Å². The first-order chi connectivity index (χ1) is 33.4. The van der Waals surface area contributed by atoms with Crippen molar-refractivity contribution in [1.29, 1.82) is 10.5 Å². The summed E-state index contributed by atoms with van der Waals surface area (Å²) >= 11 is 24.9. The second-order valence-corrected chi connectivity index (χ2v) is 17.9. The Hall–Kier alpha value is -6.96. The maximum atomic E-state index is 14.8. The van der Waals surface area contributed by atoms with E-state index in [-0.39, 0.29) is 23.6 Å². The first-order valence-electron chi connectivity index (χ1n) is 21.6. The van der Waals surface area contributed by atoms with Gasteiger partial charge in [-0.15, -0.1) is 0 Å². The Kier molecular flexibility index (Phi) is 13.9. The summed E-state index contributed by atoms with van der Waals surface area (Å²) < 4.78 is 41.4. The van der Waals surface area contributed by atoms with Gasteiger partial charge in [-0.3, -0.25) is 20.2 Å². The number of hydrogen-bond acceptors (Lipinski definition) is 14. The lowest BCUT2D eigenvalue weighted by Gasteiger charge is -2.39. The number of nitriles is 2. The molecule has 4 atom stereocenters. The van der Waals surface area contributed by atoms with Gasteiger partial charge >= 0.3 is 0 Å². The van der Waals surface area contributed by atoms with E-state index < -0.39 is 23.8 Å². The minimum atomic E-state index is -0.621. The van der Waals surface area contributed by atoms with Crippen LogP contribution in [0.4, 0.5) is 20.7 Å². The van der Waals surface area contributed by atoms with Gasteiger partial charge in [0, 0.05) is 120 Å². The van der Waals surface area contributed by atoms with E-state index in [1.807, 2.05) is 4.90 Å². The average molecular weight is 1010 g/mol. The van der Waals surface area contributed by atoms with Crippen LogP contribution in [0.15, 0.2) is 73.8 Å². The van der Waals surface area contributed by atoms with Gasteiger partial charge in [-0.2, -0.15) is 20.7 Å². The summed E-state index contributed by atoms with van der Waals surface area (Å²) in [5.41, 5.74) is 4.53. The number of H-pyrrole nitrogens is 2. The van der Waals surface area contributed by atoms with E-state index in [4.69, 9.17) is 66.4 Å². The molecule has 350 valence electrons. The summed E-state index contributed by atoms with van der Waals surface area (Å²) in [7, 11) is 0. The molecule has 2 aromatic carbocycles. The zero-order valence-electron chi connectivity index (χ0n) is 36.6. The topological polar surface area (TPSA) is 207 Å². The van der Waals surface area contributed by atoms with Crippen molar-refractivity contribution in [2.75, 3.05) is 22.9 Å². The third-order valence-corrected chi connectivity index (χ3v) is 13.1. The molecule has 0 radical (unpaired) electrons. The molecule has 6 aromatic heterocycles. The van der Waals surface area contributed by atoms with Crippen LogP contribution in [0.25, 0.3) is 44.3 Å². The molecule has 0 spiro atoms. The van der Waals surface area contributed by atoms with Gasteiger partial charge < -0.3 is 19.3 Å². The van der Waals surface area contributed by atoms with Crippen LogP contribution in [0.1, 0.15) is 69.3 Å². The van der Waals surface area contributed by atoms with Crippen molar-refractivity contribution in [3.05, 3.63) is 117 Å². The monoisotopic (exact) mass is 1010 g/mol. The van der Waals surface area contributed by atoms with Gasteiger partial charge in [-0.1, -0.05) is 46.4 Å². The molecule has 2 aliphatic heterocycles. The van der Waals surface area contributed by atoms with E-state index in [0.29, 0.717) is 100 Å². The van der Waals surface area contributed by atoms with E-state index in [2.05, 4.69) is 67.3 Å². The fourth-order valence-corrected chi connectivity index (χ4v) is 9.74. The molecule has 2 fully saturated rings. The number of rotatable bonds is 12. The highest BCUT2D eigenvalue weighted by molar-refractivity contribution is 6.36. The Bertz CT molecular complexity index is 3210. The summed E-state index contributed by atoms with van der Waals surface area (Å²) in [6.07, 6.45) is 15.1. The zero-order valence-corrected chi connectivity index (χ0v) is 39.7. The third-order valence-electron chi connectivity index (χ3n) is 11.9. The molecule has 8 aromatic rings. The zero-order chi connectivity index (χ0) is 48.3. The SMILES string of the molecule is C[C@@H](Oc1cc2c(-c3cnc(N4CCC[C@H]4CC#N)nc3)n[nH]c2cc1F)c1c(Cl)cncc1Cl.C[C@@H](Oc1cc2c(-c3cnc(N4CC[C@@H]4CC#N)nc3)n[nH]c2cc1F)c1c(Cl)cncc1Cl. The van der Waals surface area contributed by atoms with Crippen LogP contribution in [-0.2, 0) is 0 Å². The predicted molar refractivity (Wildman–Crippen MR) is 257 cm³/mol. The minimum Gasteiger partial charge on any atom is -0.483 e. The Morgan fingerprint density at radius 2 is 1.03 bits per heavy atom. The molecule has 8 heterocycles. The Labute approximate surface area is 413 Å².